The fourth-order valence-electron chi connectivity index (χ4n) is 2.50. The topological polar surface area (TPSA) is 131 Å². The van der Waals surface area contributed by atoms with E-state index in [1.807, 2.05) is 0 Å². The number of imide groups is 1. The highest BCUT2D eigenvalue weighted by atomic mass is 32.2. The number of hydrogen-bond donors (Lipinski definition) is 1. The second-order valence-corrected chi connectivity index (χ2v) is 6.51. The fourth-order valence-corrected chi connectivity index (χ4v) is 3.60. The number of rotatable bonds is 5. The van der Waals surface area contributed by atoms with Crippen LogP contribution in [-0.4, -0.2) is 38.0 Å². The van der Waals surface area contributed by atoms with Gasteiger partial charge in [-0.25, -0.2) is 14.7 Å². The molecule has 0 saturated carbocycles. The van der Waals surface area contributed by atoms with Crippen LogP contribution >= 0.6 is 11.8 Å². The maximum Gasteiger partial charge on any atom is 0.338 e. The van der Waals surface area contributed by atoms with E-state index in [-0.39, 0.29) is 28.4 Å². The van der Waals surface area contributed by atoms with E-state index in [1.165, 1.54) is 36.5 Å². The summed E-state index contributed by atoms with van der Waals surface area (Å²) in [5.41, 5.74) is -0.194. The van der Waals surface area contributed by atoms with Crippen molar-refractivity contribution in [3.63, 3.8) is 0 Å². The number of nitro groups is 1. The number of amides is 2. The molecule has 1 atom stereocenters. The van der Waals surface area contributed by atoms with Crippen molar-refractivity contribution in [3.8, 4) is 0 Å². The minimum atomic E-state index is -1.19. The molecule has 10 heteroatoms. The molecule has 2 aromatic rings. The molecule has 3 rings (SSSR count). The SMILES string of the molecule is O=C(O)c1cccnc1S[C@H]1CC(=O)N(c2cccc([N+](=O)[O-])c2)C1=O. The average Bonchev–Trinajstić information content (AvgIpc) is 2.89. The first-order valence-corrected chi connectivity index (χ1v) is 8.22. The zero-order valence-electron chi connectivity index (χ0n) is 13.1. The third-order valence-corrected chi connectivity index (χ3v) is 4.86. The Morgan fingerprint density at radius 2 is 2.08 bits per heavy atom. The molecular formula is C16H11N3O6S. The standard InChI is InChI=1S/C16H11N3O6S/c20-13-8-12(26-14-11(16(22)23)5-2-6-17-14)15(21)18(13)9-3-1-4-10(7-9)19(24)25/h1-7,12H,8H2,(H,22,23)/t12-/m0/s1. The van der Waals surface area contributed by atoms with Gasteiger partial charge in [0.2, 0.25) is 11.8 Å². The number of aromatic carboxylic acids is 1. The normalized spacial score (nSPS) is 16.8. The summed E-state index contributed by atoms with van der Waals surface area (Å²) in [7, 11) is 0. The molecule has 0 radical (unpaired) electrons. The van der Waals surface area contributed by atoms with Crippen LogP contribution in [0.3, 0.4) is 0 Å². The molecule has 1 aliphatic rings. The second kappa shape index (κ2) is 6.92. The molecule has 1 N–H and O–H groups in total. The van der Waals surface area contributed by atoms with Crippen molar-refractivity contribution in [2.75, 3.05) is 4.90 Å². The average molecular weight is 373 g/mol. The van der Waals surface area contributed by atoms with Crippen LogP contribution in [0.1, 0.15) is 16.8 Å². The van der Waals surface area contributed by atoms with Crippen LogP contribution in [0.5, 0.6) is 0 Å². The molecule has 1 saturated heterocycles. The lowest BCUT2D eigenvalue weighted by Crippen LogP contribution is -2.31. The van der Waals surface area contributed by atoms with Gasteiger partial charge in [-0.2, -0.15) is 0 Å². The Bertz CT molecular complexity index is 932. The van der Waals surface area contributed by atoms with Crippen molar-refractivity contribution in [1.82, 2.24) is 4.98 Å². The van der Waals surface area contributed by atoms with E-state index >= 15 is 0 Å². The van der Waals surface area contributed by atoms with Gasteiger partial charge >= 0.3 is 5.97 Å². The maximum absolute atomic E-state index is 12.6. The molecular weight excluding hydrogens is 362 g/mol. The van der Waals surface area contributed by atoms with Gasteiger partial charge in [0.25, 0.3) is 5.69 Å². The second-order valence-electron chi connectivity index (χ2n) is 5.32. The summed E-state index contributed by atoms with van der Waals surface area (Å²) in [6, 6.07) is 8.04. The number of hydrogen-bond acceptors (Lipinski definition) is 7. The van der Waals surface area contributed by atoms with Crippen LogP contribution in [0.4, 0.5) is 11.4 Å². The molecule has 2 heterocycles. The van der Waals surface area contributed by atoms with Crippen LogP contribution in [-0.2, 0) is 9.59 Å². The first-order chi connectivity index (χ1) is 12.4. The van der Waals surface area contributed by atoms with E-state index < -0.39 is 28.0 Å². The van der Waals surface area contributed by atoms with Gasteiger partial charge in [-0.05, 0) is 18.2 Å². The Morgan fingerprint density at radius 1 is 1.31 bits per heavy atom. The van der Waals surface area contributed by atoms with E-state index in [9.17, 15) is 29.6 Å². The summed E-state index contributed by atoms with van der Waals surface area (Å²) in [6.07, 6.45) is 1.25. The molecule has 0 unspecified atom stereocenters. The number of carbonyl (C=O) groups excluding carboxylic acids is 2. The molecule has 132 valence electrons. The van der Waals surface area contributed by atoms with Gasteiger partial charge in [-0.15, -0.1) is 0 Å². The molecule has 2 amide bonds. The summed E-state index contributed by atoms with van der Waals surface area (Å²) in [4.78, 5) is 51.3. The van der Waals surface area contributed by atoms with Crippen LogP contribution in [0, 0.1) is 10.1 Å². The molecule has 0 aliphatic carbocycles. The molecule has 0 bridgehead atoms. The van der Waals surface area contributed by atoms with Gasteiger partial charge in [-0.1, -0.05) is 17.8 Å². The highest BCUT2D eigenvalue weighted by Gasteiger charge is 2.41. The van der Waals surface area contributed by atoms with Crippen molar-refractivity contribution >= 4 is 40.9 Å². The van der Waals surface area contributed by atoms with Gasteiger partial charge in [-0.3, -0.25) is 19.7 Å². The molecule has 0 spiro atoms. The molecule has 1 aliphatic heterocycles. The summed E-state index contributed by atoms with van der Waals surface area (Å²) in [5.74, 6) is -2.27. The van der Waals surface area contributed by atoms with E-state index in [0.717, 1.165) is 22.7 Å². The Kier molecular flexibility index (Phi) is 4.67. The molecule has 1 aromatic carbocycles. The van der Waals surface area contributed by atoms with E-state index in [4.69, 9.17) is 0 Å². The summed E-state index contributed by atoms with van der Waals surface area (Å²) < 4.78 is 0. The lowest BCUT2D eigenvalue weighted by atomic mass is 10.2. The van der Waals surface area contributed by atoms with Crippen molar-refractivity contribution in [2.45, 2.75) is 16.7 Å². The van der Waals surface area contributed by atoms with Crippen molar-refractivity contribution in [1.29, 1.82) is 0 Å². The molecule has 26 heavy (non-hydrogen) atoms. The van der Waals surface area contributed by atoms with E-state index in [0.29, 0.717) is 0 Å². The number of carboxylic acid groups (broad SMARTS) is 1. The number of nitrogens with zero attached hydrogens (tertiary/aromatic N) is 3. The third-order valence-electron chi connectivity index (χ3n) is 3.66. The number of carboxylic acids is 1. The van der Waals surface area contributed by atoms with Crippen molar-refractivity contribution < 1.29 is 24.4 Å². The smallest absolute Gasteiger partial charge is 0.338 e. The number of thioether (sulfide) groups is 1. The van der Waals surface area contributed by atoms with Crippen LogP contribution in [0.25, 0.3) is 0 Å². The minimum absolute atomic E-state index is 0.0634. The monoisotopic (exact) mass is 373 g/mol. The first-order valence-electron chi connectivity index (χ1n) is 7.34. The van der Waals surface area contributed by atoms with Gasteiger partial charge in [0, 0.05) is 24.8 Å². The minimum Gasteiger partial charge on any atom is -0.478 e. The first kappa shape index (κ1) is 17.5. The zero-order chi connectivity index (χ0) is 18.8. The number of nitro benzene ring substituents is 1. The number of anilines is 1. The highest BCUT2D eigenvalue weighted by molar-refractivity contribution is 8.00. The highest BCUT2D eigenvalue weighted by Crippen LogP contribution is 2.35. The van der Waals surface area contributed by atoms with Gasteiger partial charge in [0.05, 0.1) is 21.4 Å². The quantitative estimate of drug-likeness (QED) is 0.479. The molecule has 1 fully saturated rings. The largest absolute Gasteiger partial charge is 0.478 e. The summed E-state index contributed by atoms with van der Waals surface area (Å²) in [6.45, 7) is 0. The van der Waals surface area contributed by atoms with Crippen molar-refractivity contribution in [2.24, 2.45) is 0 Å². The number of carbonyl (C=O) groups is 3. The predicted octanol–water partition coefficient (Wildman–Crippen LogP) is 2.11. The predicted molar refractivity (Wildman–Crippen MR) is 91.0 cm³/mol. The Hall–Kier alpha value is -3.27. The number of benzene rings is 1. The Labute approximate surface area is 150 Å². The van der Waals surface area contributed by atoms with Crippen LogP contribution < -0.4 is 4.90 Å². The number of aromatic nitrogens is 1. The van der Waals surface area contributed by atoms with Gasteiger partial charge < -0.3 is 5.11 Å². The Balaban J connectivity index is 1.87. The maximum atomic E-state index is 12.6. The van der Waals surface area contributed by atoms with E-state index in [2.05, 4.69) is 4.98 Å². The third kappa shape index (κ3) is 3.26. The number of pyridine rings is 1. The lowest BCUT2D eigenvalue weighted by molar-refractivity contribution is -0.384. The molecule has 1 aromatic heterocycles. The molecule has 9 nitrogen and oxygen atoms in total. The summed E-state index contributed by atoms with van der Waals surface area (Å²) in [5, 5.41) is 19.4. The van der Waals surface area contributed by atoms with Crippen LogP contribution in [0.2, 0.25) is 0 Å². The Morgan fingerprint density at radius 3 is 2.77 bits per heavy atom. The van der Waals surface area contributed by atoms with E-state index in [1.54, 1.807) is 0 Å². The fraction of sp³-hybridized carbons (Fsp3) is 0.125. The number of non-ortho nitro benzene ring substituents is 1. The lowest BCUT2D eigenvalue weighted by Gasteiger charge is -2.14. The summed E-state index contributed by atoms with van der Waals surface area (Å²) >= 11 is 0.889. The van der Waals surface area contributed by atoms with Gasteiger partial charge in [0.15, 0.2) is 0 Å². The zero-order valence-corrected chi connectivity index (χ0v) is 13.9. The van der Waals surface area contributed by atoms with Crippen molar-refractivity contribution in [3.05, 3.63) is 58.3 Å². The van der Waals surface area contributed by atoms with Crippen LogP contribution in [0.15, 0.2) is 47.6 Å². The van der Waals surface area contributed by atoms with Gasteiger partial charge in [0.1, 0.15) is 5.03 Å².